The molecule has 0 aliphatic rings. The van der Waals surface area contributed by atoms with Crippen LogP contribution >= 0.6 is 0 Å². The molecule has 0 aliphatic heterocycles. The van der Waals surface area contributed by atoms with Gasteiger partial charge in [-0.15, -0.1) is 0 Å². The van der Waals surface area contributed by atoms with Crippen LogP contribution in [0.25, 0.3) is 11.1 Å². The Morgan fingerprint density at radius 1 is 0.633 bits per heavy atom. The first kappa shape index (κ1) is 22.2. The summed E-state index contributed by atoms with van der Waals surface area (Å²) in [5, 5.41) is 0. The second-order valence-electron chi connectivity index (χ2n) is 8.17. The molecule has 2 heteroatoms. The predicted octanol–water partition coefficient (Wildman–Crippen LogP) is 6.59. The maximum absolute atomic E-state index is 4.69. The second-order valence-corrected chi connectivity index (χ2v) is 8.17. The van der Waals surface area contributed by atoms with E-state index in [0.29, 0.717) is 0 Å². The molecule has 0 unspecified atom stereocenters. The van der Waals surface area contributed by atoms with E-state index < -0.39 is 0 Å². The number of hydrogen-bond acceptors (Lipinski definition) is 2. The fourth-order valence-electron chi connectivity index (χ4n) is 4.00. The molecule has 0 spiro atoms. The van der Waals surface area contributed by atoms with Crippen LogP contribution in [0, 0.1) is 0 Å². The van der Waals surface area contributed by atoms with E-state index in [0.717, 1.165) is 25.0 Å². The Labute approximate surface area is 183 Å². The van der Waals surface area contributed by atoms with E-state index in [4.69, 9.17) is 4.98 Å². The maximum atomic E-state index is 4.69. The van der Waals surface area contributed by atoms with Gasteiger partial charge in [0.25, 0.3) is 0 Å². The average Bonchev–Trinajstić information content (AvgIpc) is 2.80. The van der Waals surface area contributed by atoms with Crippen molar-refractivity contribution in [1.29, 1.82) is 0 Å². The summed E-state index contributed by atoms with van der Waals surface area (Å²) in [7, 11) is 0. The molecule has 0 bridgehead atoms. The Hall–Kier alpha value is -2.45. The van der Waals surface area contributed by atoms with Gasteiger partial charge in [-0.25, -0.2) is 0 Å². The van der Waals surface area contributed by atoms with Crippen molar-refractivity contribution in [2.45, 2.75) is 52.4 Å². The van der Waals surface area contributed by atoms with Crippen molar-refractivity contribution >= 4 is 0 Å². The summed E-state index contributed by atoms with van der Waals surface area (Å²) < 4.78 is 0. The smallest absolute Gasteiger partial charge is 0.0407 e. The molecule has 2 nitrogen and oxygen atoms in total. The number of pyridine rings is 1. The van der Waals surface area contributed by atoms with Gasteiger partial charge in [0.2, 0.25) is 0 Å². The summed E-state index contributed by atoms with van der Waals surface area (Å²) in [5.41, 5.74) is 6.40. The molecule has 0 atom stereocenters. The minimum absolute atomic E-state index is 0.982. The third-order valence-corrected chi connectivity index (χ3v) is 5.64. The number of nitrogens with zero attached hydrogens (tertiary/aromatic N) is 2. The Morgan fingerprint density at radius 3 is 1.93 bits per heavy atom. The van der Waals surface area contributed by atoms with Gasteiger partial charge in [-0.1, -0.05) is 74.5 Å². The SMILES string of the molecule is CCCN(CCC)CCCc1ccc(-c2ccc(CCc3ccccc3)nc2)cc1. The van der Waals surface area contributed by atoms with Gasteiger partial charge in [0, 0.05) is 17.5 Å². The maximum Gasteiger partial charge on any atom is 0.0407 e. The van der Waals surface area contributed by atoms with E-state index >= 15 is 0 Å². The zero-order valence-corrected chi connectivity index (χ0v) is 18.7. The summed E-state index contributed by atoms with van der Waals surface area (Å²) >= 11 is 0. The monoisotopic (exact) mass is 400 g/mol. The standard InChI is InChI=1S/C28H36N2/c1-3-20-30(21-4-2)22-8-11-25-12-15-26(16-13-25)27-17-19-28(29-23-27)18-14-24-9-6-5-7-10-24/h5-7,9-10,12-13,15-17,19,23H,3-4,8,11,14,18,20-22H2,1-2H3. The first-order chi connectivity index (χ1) is 14.8. The van der Waals surface area contributed by atoms with Crippen LogP contribution in [-0.4, -0.2) is 29.5 Å². The van der Waals surface area contributed by atoms with Crippen LogP contribution < -0.4 is 0 Å². The molecule has 0 radical (unpaired) electrons. The molecule has 0 saturated carbocycles. The number of benzene rings is 2. The lowest BCUT2D eigenvalue weighted by atomic mass is 10.0. The second kappa shape index (κ2) is 12.3. The van der Waals surface area contributed by atoms with Gasteiger partial charge in [0.05, 0.1) is 0 Å². The molecule has 3 rings (SSSR count). The highest BCUT2D eigenvalue weighted by atomic mass is 15.1. The van der Waals surface area contributed by atoms with Gasteiger partial charge in [-0.05, 0) is 80.9 Å². The molecular weight excluding hydrogens is 364 g/mol. The molecular formula is C28H36N2. The van der Waals surface area contributed by atoms with E-state index in [9.17, 15) is 0 Å². The zero-order valence-electron chi connectivity index (χ0n) is 18.7. The Morgan fingerprint density at radius 2 is 1.30 bits per heavy atom. The summed E-state index contributed by atoms with van der Waals surface area (Å²) in [6, 6.07) is 24.0. The molecule has 1 aromatic heterocycles. The van der Waals surface area contributed by atoms with Crippen molar-refractivity contribution in [3.05, 3.63) is 89.7 Å². The highest BCUT2D eigenvalue weighted by Gasteiger charge is 2.04. The van der Waals surface area contributed by atoms with E-state index in [1.54, 1.807) is 0 Å². The lowest BCUT2D eigenvalue weighted by Gasteiger charge is -2.20. The fraction of sp³-hybridized carbons (Fsp3) is 0.393. The third-order valence-electron chi connectivity index (χ3n) is 5.64. The summed E-state index contributed by atoms with van der Waals surface area (Å²) in [6.07, 6.45) is 8.91. The molecule has 2 aromatic carbocycles. The fourth-order valence-corrected chi connectivity index (χ4v) is 4.00. The van der Waals surface area contributed by atoms with Crippen LogP contribution in [0.15, 0.2) is 72.9 Å². The number of aromatic nitrogens is 1. The van der Waals surface area contributed by atoms with Crippen molar-refractivity contribution in [2.75, 3.05) is 19.6 Å². The minimum Gasteiger partial charge on any atom is -0.303 e. The van der Waals surface area contributed by atoms with Crippen LogP contribution in [-0.2, 0) is 19.3 Å². The lowest BCUT2D eigenvalue weighted by molar-refractivity contribution is 0.271. The van der Waals surface area contributed by atoms with Crippen LogP contribution in [0.1, 0.15) is 49.9 Å². The molecule has 0 aliphatic carbocycles. The Balaban J connectivity index is 1.49. The highest BCUT2D eigenvalue weighted by Crippen LogP contribution is 2.20. The van der Waals surface area contributed by atoms with Crippen LogP contribution in [0.2, 0.25) is 0 Å². The molecule has 0 fully saturated rings. The third kappa shape index (κ3) is 7.11. The van der Waals surface area contributed by atoms with Crippen LogP contribution in [0.5, 0.6) is 0 Å². The van der Waals surface area contributed by atoms with E-state index in [1.807, 2.05) is 6.20 Å². The van der Waals surface area contributed by atoms with Crippen molar-refractivity contribution in [2.24, 2.45) is 0 Å². The molecule has 30 heavy (non-hydrogen) atoms. The highest BCUT2D eigenvalue weighted by molar-refractivity contribution is 5.62. The first-order valence-corrected chi connectivity index (χ1v) is 11.6. The molecule has 158 valence electrons. The van der Waals surface area contributed by atoms with E-state index in [1.165, 1.54) is 61.2 Å². The van der Waals surface area contributed by atoms with Crippen LogP contribution in [0.3, 0.4) is 0 Å². The molecule has 0 N–H and O–H groups in total. The van der Waals surface area contributed by atoms with Gasteiger partial charge in [0.1, 0.15) is 0 Å². The van der Waals surface area contributed by atoms with Gasteiger partial charge in [0.15, 0.2) is 0 Å². The van der Waals surface area contributed by atoms with Crippen molar-refractivity contribution in [1.82, 2.24) is 9.88 Å². The minimum atomic E-state index is 0.982. The summed E-state index contributed by atoms with van der Waals surface area (Å²) in [4.78, 5) is 7.29. The Kier molecular flexibility index (Phi) is 9.11. The molecule has 0 amide bonds. The van der Waals surface area contributed by atoms with Crippen molar-refractivity contribution < 1.29 is 0 Å². The zero-order chi connectivity index (χ0) is 21.0. The van der Waals surface area contributed by atoms with Gasteiger partial charge in [-0.2, -0.15) is 0 Å². The van der Waals surface area contributed by atoms with Gasteiger partial charge >= 0.3 is 0 Å². The van der Waals surface area contributed by atoms with E-state index in [-0.39, 0.29) is 0 Å². The lowest BCUT2D eigenvalue weighted by Crippen LogP contribution is -2.26. The van der Waals surface area contributed by atoms with Crippen molar-refractivity contribution in [3.8, 4) is 11.1 Å². The first-order valence-electron chi connectivity index (χ1n) is 11.6. The molecule has 0 saturated heterocycles. The largest absolute Gasteiger partial charge is 0.303 e. The predicted molar refractivity (Wildman–Crippen MR) is 129 cm³/mol. The summed E-state index contributed by atoms with van der Waals surface area (Å²) in [5.74, 6) is 0. The number of rotatable bonds is 12. The van der Waals surface area contributed by atoms with Gasteiger partial charge in [-0.3, -0.25) is 4.98 Å². The summed E-state index contributed by atoms with van der Waals surface area (Å²) in [6.45, 7) is 8.19. The molecule has 3 aromatic rings. The number of aryl methyl sites for hydroxylation is 3. The Bertz CT molecular complexity index is 832. The van der Waals surface area contributed by atoms with E-state index in [2.05, 4.69) is 85.5 Å². The quantitative estimate of drug-likeness (QED) is 0.341. The normalized spacial score (nSPS) is 11.2. The van der Waals surface area contributed by atoms with Crippen LogP contribution in [0.4, 0.5) is 0 Å². The average molecular weight is 401 g/mol. The topological polar surface area (TPSA) is 16.1 Å². The van der Waals surface area contributed by atoms with Gasteiger partial charge < -0.3 is 4.90 Å². The molecule has 1 heterocycles. The van der Waals surface area contributed by atoms with Crippen molar-refractivity contribution in [3.63, 3.8) is 0 Å². The number of hydrogen-bond donors (Lipinski definition) is 0.